The Morgan fingerprint density at radius 1 is 1.30 bits per heavy atom. The van der Waals surface area contributed by atoms with E-state index in [2.05, 4.69) is 0 Å². The molecule has 1 aliphatic heterocycles. The topological polar surface area (TPSA) is 54.5 Å². The molecule has 1 saturated heterocycles. The van der Waals surface area contributed by atoms with Gasteiger partial charge in [0.25, 0.3) is 5.91 Å². The Morgan fingerprint density at radius 2 is 2.00 bits per heavy atom. The lowest BCUT2D eigenvalue weighted by Gasteiger charge is -2.21. The first-order valence-electron chi connectivity index (χ1n) is 6.81. The standard InChI is InChI=1S/C15H21NO3S/c1-11-4-5-14(8-12(11)2)15(17)16(3)9-13-6-7-20(18,19)10-13/h4-5,8,13H,6-7,9-10H2,1-3H3. The lowest BCUT2D eigenvalue weighted by atomic mass is 10.0. The number of aryl methyl sites for hydroxylation is 2. The van der Waals surface area contributed by atoms with Crippen LogP contribution in [-0.2, 0) is 9.84 Å². The number of sulfone groups is 1. The van der Waals surface area contributed by atoms with Gasteiger partial charge in [-0.1, -0.05) is 6.07 Å². The normalized spacial score (nSPS) is 20.9. The van der Waals surface area contributed by atoms with E-state index in [1.54, 1.807) is 11.9 Å². The monoisotopic (exact) mass is 295 g/mol. The molecule has 0 spiro atoms. The van der Waals surface area contributed by atoms with Crippen LogP contribution < -0.4 is 0 Å². The van der Waals surface area contributed by atoms with E-state index in [-0.39, 0.29) is 23.3 Å². The minimum Gasteiger partial charge on any atom is -0.341 e. The first-order chi connectivity index (χ1) is 9.28. The van der Waals surface area contributed by atoms with Gasteiger partial charge < -0.3 is 4.90 Å². The molecule has 0 aliphatic carbocycles. The predicted octanol–water partition coefficient (Wildman–Crippen LogP) is 1.81. The Balaban J connectivity index is 2.03. The van der Waals surface area contributed by atoms with Crippen LogP contribution in [0.5, 0.6) is 0 Å². The number of carbonyl (C=O) groups is 1. The third-order valence-corrected chi connectivity index (χ3v) is 5.80. The highest BCUT2D eigenvalue weighted by Gasteiger charge is 2.29. The summed E-state index contributed by atoms with van der Waals surface area (Å²) in [5.74, 6) is 0.485. The second-order valence-electron chi connectivity index (χ2n) is 5.75. The summed E-state index contributed by atoms with van der Waals surface area (Å²) in [6.45, 7) is 4.50. The summed E-state index contributed by atoms with van der Waals surface area (Å²) in [5, 5.41) is 0. The van der Waals surface area contributed by atoms with E-state index >= 15 is 0 Å². The minimum absolute atomic E-state index is 0.0441. The molecule has 1 atom stereocenters. The molecule has 0 saturated carbocycles. The maximum absolute atomic E-state index is 12.3. The zero-order valence-electron chi connectivity index (χ0n) is 12.2. The van der Waals surface area contributed by atoms with Gasteiger partial charge in [0.15, 0.2) is 9.84 Å². The molecule has 0 radical (unpaired) electrons. The van der Waals surface area contributed by atoms with Crippen molar-refractivity contribution in [2.75, 3.05) is 25.1 Å². The zero-order valence-corrected chi connectivity index (χ0v) is 13.0. The summed E-state index contributed by atoms with van der Waals surface area (Å²) in [6.07, 6.45) is 0.660. The van der Waals surface area contributed by atoms with Crippen LogP contribution in [-0.4, -0.2) is 44.3 Å². The molecule has 1 aromatic rings. The fourth-order valence-electron chi connectivity index (χ4n) is 2.58. The number of amides is 1. The maximum atomic E-state index is 12.3. The van der Waals surface area contributed by atoms with Crippen molar-refractivity contribution < 1.29 is 13.2 Å². The van der Waals surface area contributed by atoms with Gasteiger partial charge in [-0.15, -0.1) is 0 Å². The summed E-state index contributed by atoms with van der Waals surface area (Å²) in [7, 11) is -1.14. The van der Waals surface area contributed by atoms with Crippen LogP contribution in [0.2, 0.25) is 0 Å². The smallest absolute Gasteiger partial charge is 0.253 e. The maximum Gasteiger partial charge on any atom is 0.253 e. The van der Waals surface area contributed by atoms with Gasteiger partial charge in [0.05, 0.1) is 11.5 Å². The largest absolute Gasteiger partial charge is 0.341 e. The molecule has 20 heavy (non-hydrogen) atoms. The van der Waals surface area contributed by atoms with E-state index in [1.807, 2.05) is 32.0 Å². The number of rotatable bonds is 3. The van der Waals surface area contributed by atoms with Crippen LogP contribution in [0.15, 0.2) is 18.2 Å². The van der Waals surface area contributed by atoms with Crippen molar-refractivity contribution in [1.82, 2.24) is 4.90 Å². The molecule has 110 valence electrons. The Morgan fingerprint density at radius 3 is 2.55 bits per heavy atom. The SMILES string of the molecule is Cc1ccc(C(=O)N(C)CC2CCS(=O)(=O)C2)cc1C. The van der Waals surface area contributed by atoms with E-state index < -0.39 is 9.84 Å². The first kappa shape index (κ1) is 15.0. The van der Waals surface area contributed by atoms with E-state index in [0.717, 1.165) is 11.1 Å². The lowest BCUT2D eigenvalue weighted by molar-refractivity contribution is 0.0777. The summed E-state index contributed by atoms with van der Waals surface area (Å²) in [6, 6.07) is 5.66. The third-order valence-electron chi connectivity index (χ3n) is 3.96. The second kappa shape index (κ2) is 5.56. The highest BCUT2D eigenvalue weighted by Crippen LogP contribution is 2.20. The van der Waals surface area contributed by atoms with E-state index in [0.29, 0.717) is 18.5 Å². The second-order valence-corrected chi connectivity index (χ2v) is 7.98. The molecule has 4 nitrogen and oxygen atoms in total. The fraction of sp³-hybridized carbons (Fsp3) is 0.533. The van der Waals surface area contributed by atoms with Crippen molar-refractivity contribution >= 4 is 15.7 Å². The Labute approximate surface area is 120 Å². The summed E-state index contributed by atoms with van der Waals surface area (Å²) in [5.41, 5.74) is 2.91. The van der Waals surface area contributed by atoms with Crippen LogP contribution in [0, 0.1) is 19.8 Å². The van der Waals surface area contributed by atoms with E-state index in [4.69, 9.17) is 0 Å². The number of hydrogen-bond donors (Lipinski definition) is 0. The van der Waals surface area contributed by atoms with Crippen LogP contribution >= 0.6 is 0 Å². The Hall–Kier alpha value is -1.36. The summed E-state index contributed by atoms with van der Waals surface area (Å²) < 4.78 is 22.9. The average molecular weight is 295 g/mol. The van der Waals surface area contributed by atoms with Crippen molar-refractivity contribution in [3.8, 4) is 0 Å². The molecule has 1 fully saturated rings. The summed E-state index contributed by atoms with van der Waals surface area (Å²) in [4.78, 5) is 14.0. The molecule has 5 heteroatoms. The van der Waals surface area contributed by atoms with Crippen LogP contribution in [0.4, 0.5) is 0 Å². The summed E-state index contributed by atoms with van der Waals surface area (Å²) >= 11 is 0. The molecule has 0 bridgehead atoms. The van der Waals surface area contributed by atoms with Crippen molar-refractivity contribution in [3.63, 3.8) is 0 Å². The first-order valence-corrected chi connectivity index (χ1v) is 8.64. The molecule has 0 N–H and O–H groups in total. The van der Waals surface area contributed by atoms with Gasteiger partial charge in [-0.2, -0.15) is 0 Å². The van der Waals surface area contributed by atoms with Crippen molar-refractivity contribution in [2.24, 2.45) is 5.92 Å². The van der Waals surface area contributed by atoms with E-state index in [1.165, 1.54) is 0 Å². The van der Waals surface area contributed by atoms with Crippen molar-refractivity contribution in [1.29, 1.82) is 0 Å². The van der Waals surface area contributed by atoms with Crippen molar-refractivity contribution in [2.45, 2.75) is 20.3 Å². The fourth-order valence-corrected chi connectivity index (χ4v) is 4.43. The van der Waals surface area contributed by atoms with Gasteiger partial charge in [-0.3, -0.25) is 4.79 Å². The number of benzene rings is 1. The zero-order chi connectivity index (χ0) is 14.9. The Kier molecular flexibility index (Phi) is 4.18. The minimum atomic E-state index is -2.88. The quantitative estimate of drug-likeness (QED) is 0.854. The molecule has 1 amide bonds. The lowest BCUT2D eigenvalue weighted by Crippen LogP contribution is -2.32. The van der Waals surface area contributed by atoms with Gasteiger partial charge in [-0.05, 0) is 49.4 Å². The molecular formula is C15H21NO3S. The number of hydrogen-bond acceptors (Lipinski definition) is 3. The van der Waals surface area contributed by atoms with Crippen LogP contribution in [0.25, 0.3) is 0 Å². The molecule has 1 heterocycles. The van der Waals surface area contributed by atoms with Gasteiger partial charge >= 0.3 is 0 Å². The number of carbonyl (C=O) groups excluding carboxylic acids is 1. The third kappa shape index (κ3) is 3.39. The average Bonchev–Trinajstić information content (AvgIpc) is 2.71. The predicted molar refractivity (Wildman–Crippen MR) is 79.6 cm³/mol. The van der Waals surface area contributed by atoms with Crippen LogP contribution in [0.1, 0.15) is 27.9 Å². The van der Waals surface area contributed by atoms with Gasteiger partial charge in [0.1, 0.15) is 0 Å². The van der Waals surface area contributed by atoms with Crippen molar-refractivity contribution in [3.05, 3.63) is 34.9 Å². The molecular weight excluding hydrogens is 274 g/mol. The van der Waals surface area contributed by atoms with E-state index in [9.17, 15) is 13.2 Å². The molecule has 0 aromatic heterocycles. The molecule has 2 rings (SSSR count). The van der Waals surface area contributed by atoms with Crippen LogP contribution in [0.3, 0.4) is 0 Å². The Bertz CT molecular complexity index is 622. The molecule has 1 aliphatic rings. The molecule has 1 unspecified atom stereocenters. The van der Waals surface area contributed by atoms with Gasteiger partial charge in [-0.25, -0.2) is 8.42 Å². The highest BCUT2D eigenvalue weighted by molar-refractivity contribution is 7.91. The molecule has 1 aromatic carbocycles. The van der Waals surface area contributed by atoms with Gasteiger partial charge in [0, 0.05) is 19.2 Å². The van der Waals surface area contributed by atoms with Gasteiger partial charge in [0.2, 0.25) is 0 Å². The number of nitrogens with zero attached hydrogens (tertiary/aromatic N) is 1. The highest BCUT2D eigenvalue weighted by atomic mass is 32.2.